The van der Waals surface area contributed by atoms with Crippen LogP contribution >= 0.6 is 12.4 Å². The third-order valence-corrected chi connectivity index (χ3v) is 1.83. The fourth-order valence-electron chi connectivity index (χ4n) is 1.05. The molecule has 1 aliphatic heterocycles. The first kappa shape index (κ1) is 11.4. The van der Waals surface area contributed by atoms with Crippen LogP contribution in [0.1, 0.15) is 25.7 Å². The minimum Gasteiger partial charge on any atom is -0.330 e. The van der Waals surface area contributed by atoms with Crippen LogP contribution in [0.25, 0.3) is 0 Å². The Labute approximate surface area is 79.2 Å². The molecule has 0 saturated carbocycles. The summed E-state index contributed by atoms with van der Waals surface area (Å²) in [6.45, 7) is 0.711. The minimum absolute atomic E-state index is 0. The summed E-state index contributed by atoms with van der Waals surface area (Å²) in [5.41, 5.74) is 5.25. The molecule has 0 amide bonds. The normalized spacial score (nSPS) is 16.3. The third-order valence-electron chi connectivity index (χ3n) is 1.83. The van der Waals surface area contributed by atoms with Gasteiger partial charge in [0.25, 0.3) is 0 Å². The lowest BCUT2D eigenvalue weighted by molar-refractivity contribution is 0.498. The molecule has 1 heterocycles. The highest BCUT2D eigenvalue weighted by Crippen LogP contribution is 2.37. The summed E-state index contributed by atoms with van der Waals surface area (Å²) in [4.78, 5) is 0. The van der Waals surface area contributed by atoms with Crippen molar-refractivity contribution < 1.29 is 0 Å². The molecule has 0 atom stereocenters. The molecule has 0 unspecified atom stereocenters. The number of hydrogen-bond acceptors (Lipinski definition) is 3. The summed E-state index contributed by atoms with van der Waals surface area (Å²) < 4.78 is 0. The van der Waals surface area contributed by atoms with Crippen molar-refractivity contribution in [2.24, 2.45) is 16.0 Å². The van der Waals surface area contributed by atoms with E-state index in [0.29, 0.717) is 6.54 Å². The molecule has 0 aromatic carbocycles. The largest absolute Gasteiger partial charge is 0.330 e. The Hall–Kier alpha value is -0.590. The minimum atomic E-state index is -0.119. The molecule has 2 N–H and O–H groups in total. The number of nitrogens with zero attached hydrogens (tertiary/aromatic N) is 2. The summed E-state index contributed by atoms with van der Waals surface area (Å²) in [5.74, 6) is 2.59. The average Bonchev–Trinajstić information content (AvgIpc) is 2.79. The van der Waals surface area contributed by atoms with E-state index < -0.39 is 0 Å². The maximum Gasteiger partial charge on any atom is 0.191 e. The first-order valence-corrected chi connectivity index (χ1v) is 3.90. The van der Waals surface area contributed by atoms with Gasteiger partial charge in [-0.3, -0.25) is 0 Å². The molecule has 0 aromatic heterocycles. The van der Waals surface area contributed by atoms with Crippen LogP contribution in [0.5, 0.6) is 0 Å². The van der Waals surface area contributed by atoms with E-state index in [0.717, 1.165) is 25.7 Å². The Morgan fingerprint density at radius 2 is 2.00 bits per heavy atom. The summed E-state index contributed by atoms with van der Waals surface area (Å²) >= 11 is 0. The highest BCUT2D eigenvalue weighted by molar-refractivity contribution is 5.85. The number of nitrogens with two attached hydrogens (primary N) is 1. The Morgan fingerprint density at radius 3 is 2.42 bits per heavy atom. The van der Waals surface area contributed by atoms with Crippen molar-refractivity contribution in [3.63, 3.8) is 0 Å². The van der Waals surface area contributed by atoms with Gasteiger partial charge < -0.3 is 5.73 Å². The predicted octanol–water partition coefficient (Wildman–Crippen LogP) is 1.72. The Bertz CT molecular complexity index is 189. The first-order valence-electron chi connectivity index (χ1n) is 3.90. The van der Waals surface area contributed by atoms with Gasteiger partial charge in [-0.15, -0.1) is 24.8 Å². The van der Waals surface area contributed by atoms with E-state index in [-0.39, 0.29) is 18.1 Å². The number of rotatable bonds is 5. The Balaban J connectivity index is 0.00000121. The van der Waals surface area contributed by atoms with Crippen molar-refractivity contribution in [2.75, 3.05) is 6.54 Å². The van der Waals surface area contributed by atoms with Gasteiger partial charge in [0.1, 0.15) is 0 Å². The maximum absolute atomic E-state index is 5.37. The van der Waals surface area contributed by atoms with E-state index >= 15 is 0 Å². The van der Waals surface area contributed by atoms with E-state index in [1.807, 2.05) is 0 Å². The van der Waals surface area contributed by atoms with Gasteiger partial charge in [-0.1, -0.05) is 0 Å². The predicted molar refractivity (Wildman–Crippen MR) is 51.2 cm³/mol. The van der Waals surface area contributed by atoms with E-state index in [1.165, 1.54) is 0 Å². The standard InChI is InChI=1S/C8H13N3.ClH/c1-2-3-5-8(10-11-8)6-4-7-9;/h1H,3-7,9H2;1H. The summed E-state index contributed by atoms with van der Waals surface area (Å²) in [7, 11) is 0. The molecular formula is C8H14ClN3. The second-order valence-corrected chi connectivity index (χ2v) is 2.78. The second-order valence-electron chi connectivity index (χ2n) is 2.78. The first-order chi connectivity index (χ1) is 5.33. The molecule has 0 radical (unpaired) electrons. The number of hydrogen-bond donors (Lipinski definition) is 1. The van der Waals surface area contributed by atoms with Crippen LogP contribution in [0.4, 0.5) is 0 Å². The zero-order valence-electron chi connectivity index (χ0n) is 6.99. The lowest BCUT2D eigenvalue weighted by Gasteiger charge is -2.05. The van der Waals surface area contributed by atoms with Crippen molar-refractivity contribution in [1.29, 1.82) is 0 Å². The monoisotopic (exact) mass is 187 g/mol. The average molecular weight is 188 g/mol. The third kappa shape index (κ3) is 3.21. The fourth-order valence-corrected chi connectivity index (χ4v) is 1.05. The van der Waals surface area contributed by atoms with Crippen LogP contribution in [0.15, 0.2) is 10.2 Å². The van der Waals surface area contributed by atoms with Gasteiger partial charge >= 0.3 is 0 Å². The fraction of sp³-hybridized carbons (Fsp3) is 0.750. The van der Waals surface area contributed by atoms with E-state index in [2.05, 4.69) is 16.1 Å². The zero-order chi connectivity index (χ0) is 8.16. The number of halogens is 1. The molecule has 1 rings (SSSR count). The molecule has 12 heavy (non-hydrogen) atoms. The maximum atomic E-state index is 5.37. The van der Waals surface area contributed by atoms with Crippen LogP contribution in [-0.2, 0) is 0 Å². The molecule has 0 spiro atoms. The molecular weight excluding hydrogens is 174 g/mol. The van der Waals surface area contributed by atoms with Crippen molar-refractivity contribution >= 4 is 12.4 Å². The smallest absolute Gasteiger partial charge is 0.191 e. The summed E-state index contributed by atoms with van der Waals surface area (Å²) in [6, 6.07) is 0. The Morgan fingerprint density at radius 1 is 1.33 bits per heavy atom. The van der Waals surface area contributed by atoms with Crippen molar-refractivity contribution in [2.45, 2.75) is 31.3 Å². The van der Waals surface area contributed by atoms with Gasteiger partial charge in [-0.25, -0.2) is 0 Å². The zero-order valence-corrected chi connectivity index (χ0v) is 7.81. The number of terminal acetylenes is 1. The SMILES string of the molecule is C#CCCC1(CCCN)N=N1.Cl. The van der Waals surface area contributed by atoms with Crippen molar-refractivity contribution in [3.8, 4) is 12.3 Å². The topological polar surface area (TPSA) is 50.7 Å². The molecule has 0 aromatic rings. The van der Waals surface area contributed by atoms with Gasteiger partial charge in [-0.2, -0.15) is 10.2 Å². The lowest BCUT2D eigenvalue weighted by atomic mass is 10.0. The van der Waals surface area contributed by atoms with Crippen LogP contribution in [0.3, 0.4) is 0 Å². The molecule has 68 valence electrons. The molecule has 3 nitrogen and oxygen atoms in total. The van der Waals surface area contributed by atoms with Crippen LogP contribution < -0.4 is 5.73 Å². The highest BCUT2D eigenvalue weighted by Gasteiger charge is 2.37. The van der Waals surface area contributed by atoms with Crippen molar-refractivity contribution in [1.82, 2.24) is 0 Å². The van der Waals surface area contributed by atoms with Crippen molar-refractivity contribution in [3.05, 3.63) is 0 Å². The second kappa shape index (κ2) is 5.13. The molecule has 0 fully saturated rings. The van der Waals surface area contributed by atoms with E-state index in [4.69, 9.17) is 12.2 Å². The molecule has 0 bridgehead atoms. The van der Waals surface area contributed by atoms with Gasteiger partial charge in [-0.05, 0) is 19.4 Å². The molecule has 4 heteroatoms. The van der Waals surface area contributed by atoms with Gasteiger partial charge in [0.05, 0.1) is 0 Å². The van der Waals surface area contributed by atoms with Crippen LogP contribution in [-0.4, -0.2) is 12.2 Å². The quantitative estimate of drug-likeness (QED) is 0.655. The van der Waals surface area contributed by atoms with Gasteiger partial charge in [0.2, 0.25) is 0 Å². The highest BCUT2D eigenvalue weighted by atomic mass is 35.5. The molecule has 1 aliphatic rings. The van der Waals surface area contributed by atoms with Gasteiger partial charge in [0, 0.05) is 12.8 Å². The van der Waals surface area contributed by atoms with E-state index in [9.17, 15) is 0 Å². The Kier molecular flexibility index (Phi) is 4.87. The summed E-state index contributed by atoms with van der Waals surface area (Å²) in [5, 5.41) is 7.97. The van der Waals surface area contributed by atoms with Gasteiger partial charge in [0.15, 0.2) is 5.66 Å². The van der Waals surface area contributed by atoms with Crippen LogP contribution in [0.2, 0.25) is 0 Å². The summed E-state index contributed by atoms with van der Waals surface area (Å²) in [6.07, 6.45) is 8.74. The molecule has 0 aliphatic carbocycles. The lowest BCUT2D eigenvalue weighted by Crippen LogP contribution is -2.12. The van der Waals surface area contributed by atoms with Crippen LogP contribution in [0, 0.1) is 12.3 Å². The van der Waals surface area contributed by atoms with E-state index in [1.54, 1.807) is 0 Å². The molecule has 0 saturated heterocycles.